The third-order valence-corrected chi connectivity index (χ3v) is 5.00. The van der Waals surface area contributed by atoms with Gasteiger partial charge in [0.05, 0.1) is 19.3 Å². The smallest absolute Gasteiger partial charge is 0.364 e. The van der Waals surface area contributed by atoms with E-state index in [-0.39, 0.29) is 0 Å². The molecule has 1 amide bonds. The molecule has 2 heterocycles. The second-order valence-electron chi connectivity index (χ2n) is 7.24. The highest BCUT2D eigenvalue weighted by Crippen LogP contribution is 2.33. The van der Waals surface area contributed by atoms with Gasteiger partial charge in [-0.25, -0.2) is 4.79 Å². The number of aliphatic carboxylic acids is 1. The van der Waals surface area contributed by atoms with Crippen LogP contribution in [0.4, 0.5) is 0 Å². The molecular formula is C16H27NO13. The number of amides is 1. The van der Waals surface area contributed by atoms with E-state index in [4.69, 9.17) is 19.3 Å². The van der Waals surface area contributed by atoms with E-state index in [9.17, 15) is 45.3 Å². The second-order valence-corrected chi connectivity index (χ2v) is 7.24. The van der Waals surface area contributed by atoms with Gasteiger partial charge in [-0.3, -0.25) is 4.79 Å². The van der Waals surface area contributed by atoms with Crippen molar-refractivity contribution >= 4 is 11.9 Å². The van der Waals surface area contributed by atoms with E-state index in [1.807, 2.05) is 0 Å². The molecule has 2 saturated heterocycles. The molecule has 2 fully saturated rings. The molecule has 174 valence electrons. The fourth-order valence-electron chi connectivity index (χ4n) is 3.35. The Morgan fingerprint density at radius 2 is 1.80 bits per heavy atom. The number of nitrogens with one attached hydrogen (secondary N) is 1. The lowest BCUT2D eigenvalue weighted by Crippen LogP contribution is -2.66. The van der Waals surface area contributed by atoms with Crippen LogP contribution in [0.3, 0.4) is 0 Å². The van der Waals surface area contributed by atoms with Crippen LogP contribution in [-0.4, -0.2) is 127 Å². The van der Waals surface area contributed by atoms with E-state index >= 15 is 0 Å². The van der Waals surface area contributed by atoms with Gasteiger partial charge >= 0.3 is 5.97 Å². The lowest BCUT2D eigenvalue weighted by molar-refractivity contribution is -0.337. The van der Waals surface area contributed by atoms with Crippen LogP contribution in [0.2, 0.25) is 0 Å². The number of ether oxygens (including phenoxy) is 3. The minimum atomic E-state index is -2.60. The number of hydrogen-bond donors (Lipinski definition) is 9. The summed E-state index contributed by atoms with van der Waals surface area (Å²) in [6, 6.07) is -1.35. The number of carbonyl (C=O) groups excluding carboxylic acids is 1. The number of carboxylic acid groups (broad SMARTS) is 1. The van der Waals surface area contributed by atoms with E-state index < -0.39 is 92.4 Å². The van der Waals surface area contributed by atoms with Crippen LogP contribution in [-0.2, 0) is 23.8 Å². The van der Waals surface area contributed by atoms with Crippen molar-refractivity contribution in [2.75, 3.05) is 13.2 Å². The van der Waals surface area contributed by atoms with E-state index in [0.717, 1.165) is 6.92 Å². The zero-order chi connectivity index (χ0) is 22.8. The van der Waals surface area contributed by atoms with Crippen molar-refractivity contribution in [2.45, 2.75) is 74.2 Å². The number of aliphatic hydroxyl groups excluding tert-OH is 7. The van der Waals surface area contributed by atoms with Crippen molar-refractivity contribution in [3.63, 3.8) is 0 Å². The SMILES string of the molecule is CC(=O)N[C@@H]1[C@@H](O)[C@H](O)[C@@H](CO[C@]2(C(=O)O)C[C@@H](O)[C@@H](O)[C@@H]([C@H](O)CO)O2)O[C@H]1O. The first kappa shape index (κ1) is 24.8. The maximum atomic E-state index is 11.8. The van der Waals surface area contributed by atoms with Crippen molar-refractivity contribution in [3.05, 3.63) is 0 Å². The molecule has 2 rings (SSSR count). The molecule has 30 heavy (non-hydrogen) atoms. The minimum Gasteiger partial charge on any atom is -0.477 e. The zero-order valence-electron chi connectivity index (χ0n) is 15.9. The Bertz CT molecular complexity index is 620. The first-order valence-corrected chi connectivity index (χ1v) is 9.10. The van der Waals surface area contributed by atoms with Gasteiger partial charge in [0.25, 0.3) is 5.79 Å². The summed E-state index contributed by atoms with van der Waals surface area (Å²) in [5, 5.41) is 80.8. The number of hydrogen-bond acceptors (Lipinski definition) is 12. The quantitative estimate of drug-likeness (QED) is 0.180. The molecule has 0 unspecified atom stereocenters. The van der Waals surface area contributed by atoms with Gasteiger partial charge in [-0.2, -0.15) is 0 Å². The van der Waals surface area contributed by atoms with Crippen molar-refractivity contribution in [1.82, 2.24) is 5.32 Å². The van der Waals surface area contributed by atoms with Crippen LogP contribution in [0.5, 0.6) is 0 Å². The van der Waals surface area contributed by atoms with Crippen LogP contribution in [0.1, 0.15) is 13.3 Å². The Balaban J connectivity index is 2.14. The normalized spacial score (nSPS) is 43.1. The number of carbonyl (C=O) groups is 2. The molecule has 10 atom stereocenters. The molecular weight excluding hydrogens is 414 g/mol. The maximum Gasteiger partial charge on any atom is 0.364 e. The van der Waals surface area contributed by atoms with Gasteiger partial charge in [0, 0.05) is 13.3 Å². The summed E-state index contributed by atoms with van der Waals surface area (Å²) < 4.78 is 15.5. The molecule has 0 spiro atoms. The molecule has 14 heteroatoms. The van der Waals surface area contributed by atoms with Gasteiger partial charge < -0.3 is 60.4 Å². The van der Waals surface area contributed by atoms with Crippen LogP contribution >= 0.6 is 0 Å². The summed E-state index contributed by atoms with van der Waals surface area (Å²) in [6.45, 7) is -0.550. The lowest BCUT2D eigenvalue weighted by atomic mass is 9.92. The number of carboxylic acids is 1. The van der Waals surface area contributed by atoms with Crippen molar-refractivity contribution < 1.29 is 64.7 Å². The van der Waals surface area contributed by atoms with Crippen molar-refractivity contribution in [3.8, 4) is 0 Å². The fraction of sp³-hybridized carbons (Fsp3) is 0.875. The lowest BCUT2D eigenvalue weighted by Gasteiger charge is -2.45. The Labute approximate surface area is 170 Å². The van der Waals surface area contributed by atoms with Crippen LogP contribution in [0.25, 0.3) is 0 Å². The molecule has 2 aliphatic heterocycles. The summed E-state index contributed by atoms with van der Waals surface area (Å²) in [4.78, 5) is 23.0. The van der Waals surface area contributed by atoms with Gasteiger partial charge in [0.1, 0.15) is 42.7 Å². The minimum absolute atomic E-state index is 0.606. The topological polar surface area (TPSA) is 236 Å². The summed E-state index contributed by atoms with van der Waals surface area (Å²) in [7, 11) is 0. The van der Waals surface area contributed by atoms with Crippen LogP contribution < -0.4 is 5.32 Å². The van der Waals surface area contributed by atoms with Gasteiger partial charge in [0.2, 0.25) is 5.91 Å². The summed E-state index contributed by atoms with van der Waals surface area (Å²) >= 11 is 0. The second kappa shape index (κ2) is 9.78. The molecule has 0 radical (unpaired) electrons. The molecule has 0 aromatic rings. The Kier molecular flexibility index (Phi) is 8.09. The molecule has 0 saturated carbocycles. The molecule has 9 N–H and O–H groups in total. The van der Waals surface area contributed by atoms with E-state index in [1.165, 1.54) is 0 Å². The van der Waals surface area contributed by atoms with Crippen molar-refractivity contribution in [1.29, 1.82) is 0 Å². The van der Waals surface area contributed by atoms with Gasteiger partial charge in [0.15, 0.2) is 6.29 Å². The largest absolute Gasteiger partial charge is 0.477 e. The average Bonchev–Trinajstić information content (AvgIpc) is 2.68. The first-order chi connectivity index (χ1) is 13.9. The molecule has 0 aromatic carbocycles. The number of aliphatic hydroxyl groups is 7. The van der Waals surface area contributed by atoms with E-state index in [0.29, 0.717) is 0 Å². The molecule has 2 aliphatic rings. The standard InChI is InChI=1S/C16H27NO13/c1-5(19)17-9-12(24)11(23)8(29-14(9)25)4-28-16(15(26)27)2-6(20)10(22)13(30-16)7(21)3-18/h6-14,18,20-25H,2-4H2,1H3,(H,17,19)(H,26,27)/t6-,7-,8-,9-,10-,11-,12-,13-,14-,16-/m1/s1. The van der Waals surface area contributed by atoms with Gasteiger partial charge in [-0.15, -0.1) is 0 Å². The Morgan fingerprint density at radius 1 is 1.17 bits per heavy atom. The average molecular weight is 441 g/mol. The molecule has 14 nitrogen and oxygen atoms in total. The highest BCUT2D eigenvalue weighted by atomic mass is 16.7. The van der Waals surface area contributed by atoms with Crippen LogP contribution in [0.15, 0.2) is 0 Å². The zero-order valence-corrected chi connectivity index (χ0v) is 15.9. The molecule has 0 bridgehead atoms. The van der Waals surface area contributed by atoms with E-state index in [1.54, 1.807) is 0 Å². The summed E-state index contributed by atoms with van der Waals surface area (Å²) in [5.41, 5.74) is 0. The van der Waals surface area contributed by atoms with Crippen molar-refractivity contribution in [2.24, 2.45) is 0 Å². The van der Waals surface area contributed by atoms with Crippen LogP contribution in [0, 0.1) is 0 Å². The predicted octanol–water partition coefficient (Wildman–Crippen LogP) is -5.41. The predicted molar refractivity (Wildman–Crippen MR) is 91.4 cm³/mol. The summed E-state index contributed by atoms with van der Waals surface area (Å²) in [5.74, 6) is -4.96. The van der Waals surface area contributed by atoms with Gasteiger partial charge in [-0.1, -0.05) is 0 Å². The highest BCUT2D eigenvalue weighted by molar-refractivity contribution is 5.76. The third kappa shape index (κ3) is 5.05. The maximum absolute atomic E-state index is 11.8. The Hall–Kier alpha value is -1.46. The molecule has 0 aromatic heterocycles. The molecule has 0 aliphatic carbocycles. The van der Waals surface area contributed by atoms with E-state index in [2.05, 4.69) is 5.32 Å². The number of rotatable bonds is 7. The fourth-order valence-corrected chi connectivity index (χ4v) is 3.35. The highest BCUT2D eigenvalue weighted by Gasteiger charge is 2.55. The Morgan fingerprint density at radius 3 is 2.33 bits per heavy atom. The summed E-state index contributed by atoms with van der Waals surface area (Å²) in [6.07, 6.45) is -14.3. The monoisotopic (exact) mass is 441 g/mol. The first-order valence-electron chi connectivity index (χ1n) is 9.10. The third-order valence-electron chi connectivity index (χ3n) is 5.00. The van der Waals surface area contributed by atoms with Gasteiger partial charge in [-0.05, 0) is 0 Å².